The lowest BCUT2D eigenvalue weighted by Gasteiger charge is -2.21. The molecule has 1 fully saturated rings. The third-order valence-electron chi connectivity index (χ3n) is 3.70. The van der Waals surface area contributed by atoms with E-state index in [2.05, 4.69) is 9.89 Å². The number of hydrogen-bond acceptors (Lipinski definition) is 3. The highest BCUT2D eigenvalue weighted by atomic mass is 16.5. The lowest BCUT2D eigenvalue weighted by atomic mass is 10.1. The Morgan fingerprint density at radius 2 is 2.00 bits per heavy atom. The number of likely N-dealkylation sites (tertiary alicyclic amines) is 1. The molecule has 1 aromatic carbocycles. The standard InChI is InChI=1S/C16H23N3O2/c1-21-15(20)14-8-6-7-13(11-14)12-18-16(17)19-9-4-2-3-5-10-19/h6-8,11H,2-5,9-10,12H2,1H3,(H2,17,18). The fraction of sp³-hybridized carbons (Fsp3) is 0.500. The van der Waals surface area contributed by atoms with Gasteiger partial charge in [-0.1, -0.05) is 25.0 Å². The zero-order chi connectivity index (χ0) is 15.1. The van der Waals surface area contributed by atoms with Gasteiger partial charge in [0.1, 0.15) is 0 Å². The van der Waals surface area contributed by atoms with E-state index in [-0.39, 0.29) is 5.97 Å². The van der Waals surface area contributed by atoms with Crippen molar-refractivity contribution in [2.45, 2.75) is 32.2 Å². The molecule has 2 rings (SSSR count). The number of nitrogens with zero attached hydrogens (tertiary/aromatic N) is 2. The van der Waals surface area contributed by atoms with Crippen molar-refractivity contribution in [3.8, 4) is 0 Å². The molecule has 21 heavy (non-hydrogen) atoms. The van der Waals surface area contributed by atoms with Crippen LogP contribution in [-0.4, -0.2) is 37.0 Å². The number of ether oxygens (including phenoxy) is 1. The molecule has 0 bridgehead atoms. The van der Waals surface area contributed by atoms with Crippen LogP contribution in [0, 0.1) is 0 Å². The summed E-state index contributed by atoms with van der Waals surface area (Å²) >= 11 is 0. The Labute approximate surface area is 125 Å². The predicted octanol–water partition coefficient (Wildman–Crippen LogP) is 2.16. The zero-order valence-corrected chi connectivity index (χ0v) is 12.5. The number of nitrogens with two attached hydrogens (primary N) is 1. The van der Waals surface area contributed by atoms with Crippen LogP contribution in [0.2, 0.25) is 0 Å². The van der Waals surface area contributed by atoms with Gasteiger partial charge in [0.15, 0.2) is 5.96 Å². The Bertz CT molecular complexity index is 506. The molecule has 0 unspecified atom stereocenters. The van der Waals surface area contributed by atoms with E-state index in [1.165, 1.54) is 32.8 Å². The quantitative estimate of drug-likeness (QED) is 0.526. The number of esters is 1. The summed E-state index contributed by atoms with van der Waals surface area (Å²) in [4.78, 5) is 18.1. The average Bonchev–Trinajstić information content (AvgIpc) is 2.81. The van der Waals surface area contributed by atoms with Crippen molar-refractivity contribution in [2.75, 3.05) is 20.2 Å². The molecule has 2 N–H and O–H groups in total. The molecule has 1 aliphatic rings. The van der Waals surface area contributed by atoms with E-state index in [0.717, 1.165) is 18.7 Å². The summed E-state index contributed by atoms with van der Waals surface area (Å²) in [5.41, 5.74) is 7.57. The number of hydrogen-bond donors (Lipinski definition) is 1. The van der Waals surface area contributed by atoms with E-state index in [9.17, 15) is 4.79 Å². The Kier molecular flexibility index (Phi) is 5.60. The first-order valence-corrected chi connectivity index (χ1v) is 7.43. The van der Waals surface area contributed by atoms with Crippen molar-refractivity contribution in [2.24, 2.45) is 10.7 Å². The molecule has 0 saturated carbocycles. The molecule has 1 aromatic rings. The highest BCUT2D eigenvalue weighted by Crippen LogP contribution is 2.11. The minimum absolute atomic E-state index is 0.332. The van der Waals surface area contributed by atoms with Crippen molar-refractivity contribution >= 4 is 11.9 Å². The van der Waals surface area contributed by atoms with Gasteiger partial charge in [-0.15, -0.1) is 0 Å². The first kappa shape index (κ1) is 15.4. The lowest BCUT2D eigenvalue weighted by Crippen LogP contribution is -2.38. The number of benzene rings is 1. The molecule has 1 saturated heterocycles. The zero-order valence-electron chi connectivity index (χ0n) is 12.5. The fourth-order valence-electron chi connectivity index (χ4n) is 2.49. The van der Waals surface area contributed by atoms with Crippen LogP contribution in [0.4, 0.5) is 0 Å². The number of methoxy groups -OCH3 is 1. The van der Waals surface area contributed by atoms with E-state index in [1.807, 2.05) is 12.1 Å². The number of carbonyl (C=O) groups is 1. The molecule has 1 heterocycles. The van der Waals surface area contributed by atoms with Gasteiger partial charge in [0.05, 0.1) is 19.2 Å². The van der Waals surface area contributed by atoms with Crippen molar-refractivity contribution in [3.05, 3.63) is 35.4 Å². The third-order valence-corrected chi connectivity index (χ3v) is 3.70. The fourth-order valence-corrected chi connectivity index (χ4v) is 2.49. The maximum atomic E-state index is 11.5. The monoisotopic (exact) mass is 289 g/mol. The maximum absolute atomic E-state index is 11.5. The summed E-state index contributed by atoms with van der Waals surface area (Å²) in [6.07, 6.45) is 4.89. The molecular formula is C16H23N3O2. The molecule has 5 nitrogen and oxygen atoms in total. The SMILES string of the molecule is COC(=O)c1cccc(CN=C(N)N2CCCCCC2)c1. The number of aliphatic imine (C=N–C) groups is 1. The van der Waals surface area contributed by atoms with Gasteiger partial charge in [0.25, 0.3) is 0 Å². The van der Waals surface area contributed by atoms with Gasteiger partial charge in [0.2, 0.25) is 0 Å². The Balaban J connectivity index is 2.00. The molecule has 0 atom stereocenters. The highest BCUT2D eigenvalue weighted by Gasteiger charge is 2.11. The van der Waals surface area contributed by atoms with Crippen molar-refractivity contribution < 1.29 is 9.53 Å². The smallest absolute Gasteiger partial charge is 0.337 e. The van der Waals surface area contributed by atoms with Crippen LogP contribution in [0.3, 0.4) is 0 Å². The molecular weight excluding hydrogens is 266 g/mol. The summed E-state index contributed by atoms with van der Waals surface area (Å²) in [5.74, 6) is 0.265. The van der Waals surface area contributed by atoms with Gasteiger partial charge in [-0.2, -0.15) is 0 Å². The second-order valence-corrected chi connectivity index (χ2v) is 5.27. The Morgan fingerprint density at radius 3 is 2.67 bits per heavy atom. The van der Waals surface area contributed by atoms with Gasteiger partial charge in [-0.3, -0.25) is 0 Å². The largest absolute Gasteiger partial charge is 0.465 e. The van der Waals surface area contributed by atoms with Crippen molar-refractivity contribution in [1.82, 2.24) is 4.90 Å². The highest BCUT2D eigenvalue weighted by molar-refractivity contribution is 5.89. The Hall–Kier alpha value is -2.04. The molecule has 0 aliphatic carbocycles. The van der Waals surface area contributed by atoms with Crippen LogP contribution >= 0.6 is 0 Å². The van der Waals surface area contributed by atoms with Crippen molar-refractivity contribution in [1.29, 1.82) is 0 Å². The van der Waals surface area contributed by atoms with Crippen molar-refractivity contribution in [3.63, 3.8) is 0 Å². The molecule has 0 aromatic heterocycles. The van der Waals surface area contributed by atoms with E-state index in [4.69, 9.17) is 10.5 Å². The summed E-state index contributed by atoms with van der Waals surface area (Å²) < 4.78 is 4.72. The summed E-state index contributed by atoms with van der Waals surface area (Å²) in [5, 5.41) is 0. The van der Waals surface area contributed by atoms with E-state index < -0.39 is 0 Å². The molecule has 0 radical (unpaired) electrons. The lowest BCUT2D eigenvalue weighted by molar-refractivity contribution is 0.0600. The van der Waals surface area contributed by atoms with Crippen LogP contribution in [0.15, 0.2) is 29.3 Å². The summed E-state index contributed by atoms with van der Waals surface area (Å²) in [7, 11) is 1.38. The summed E-state index contributed by atoms with van der Waals surface area (Å²) in [6.45, 7) is 2.45. The number of carbonyl (C=O) groups excluding carboxylic acids is 1. The van der Waals surface area contributed by atoms with Gasteiger partial charge in [0, 0.05) is 13.1 Å². The topological polar surface area (TPSA) is 67.9 Å². The van der Waals surface area contributed by atoms with Crippen LogP contribution in [0.5, 0.6) is 0 Å². The van der Waals surface area contributed by atoms with Crippen LogP contribution in [-0.2, 0) is 11.3 Å². The number of rotatable bonds is 3. The summed E-state index contributed by atoms with van der Waals surface area (Å²) in [6, 6.07) is 7.30. The van der Waals surface area contributed by atoms with Gasteiger partial charge in [-0.25, -0.2) is 9.79 Å². The van der Waals surface area contributed by atoms with Gasteiger partial charge >= 0.3 is 5.97 Å². The third kappa shape index (κ3) is 4.48. The van der Waals surface area contributed by atoms with Gasteiger partial charge in [-0.05, 0) is 30.5 Å². The first-order chi connectivity index (χ1) is 10.2. The first-order valence-electron chi connectivity index (χ1n) is 7.43. The Morgan fingerprint density at radius 1 is 1.29 bits per heavy atom. The maximum Gasteiger partial charge on any atom is 0.337 e. The molecule has 1 aliphatic heterocycles. The molecule has 114 valence electrons. The number of guanidine groups is 1. The van der Waals surface area contributed by atoms with Crippen LogP contribution in [0.1, 0.15) is 41.6 Å². The second kappa shape index (κ2) is 7.67. The molecule has 0 amide bonds. The minimum atomic E-state index is -0.332. The molecule has 0 spiro atoms. The van der Waals surface area contributed by atoms with Gasteiger partial charge < -0.3 is 15.4 Å². The second-order valence-electron chi connectivity index (χ2n) is 5.27. The minimum Gasteiger partial charge on any atom is -0.465 e. The molecule has 5 heteroatoms. The van der Waals surface area contributed by atoms with Crippen LogP contribution < -0.4 is 5.73 Å². The van der Waals surface area contributed by atoms with Crippen LogP contribution in [0.25, 0.3) is 0 Å². The predicted molar refractivity (Wildman–Crippen MR) is 83.1 cm³/mol. The van der Waals surface area contributed by atoms with E-state index >= 15 is 0 Å². The van der Waals surface area contributed by atoms with E-state index in [1.54, 1.807) is 12.1 Å². The van der Waals surface area contributed by atoms with E-state index in [0.29, 0.717) is 18.1 Å². The normalized spacial score (nSPS) is 16.4. The average molecular weight is 289 g/mol.